The lowest BCUT2D eigenvalue weighted by molar-refractivity contribution is -0.138. The standard InChI is InChI=1S/C13H16F3N/c1-9-2-5-11(8-12(9)13(14,15)16)17-7-6-10-3-4-10/h2,5,8,10,17H,3-4,6-7H2,1H3. The first kappa shape index (κ1) is 12.3. The zero-order valence-corrected chi connectivity index (χ0v) is 9.77. The summed E-state index contributed by atoms with van der Waals surface area (Å²) in [5, 5.41) is 3.06. The van der Waals surface area contributed by atoms with E-state index in [1.54, 1.807) is 6.07 Å². The van der Waals surface area contributed by atoms with Crippen LogP contribution in [0.15, 0.2) is 18.2 Å². The first-order valence-corrected chi connectivity index (χ1v) is 5.88. The van der Waals surface area contributed by atoms with Crippen LogP contribution in [0.1, 0.15) is 30.4 Å². The quantitative estimate of drug-likeness (QED) is 0.834. The molecule has 94 valence electrons. The SMILES string of the molecule is Cc1ccc(NCCC2CC2)cc1C(F)(F)F. The van der Waals surface area contributed by atoms with Crippen molar-refractivity contribution < 1.29 is 13.2 Å². The molecule has 0 bridgehead atoms. The minimum Gasteiger partial charge on any atom is -0.385 e. The van der Waals surface area contributed by atoms with Crippen molar-refractivity contribution in [1.82, 2.24) is 0 Å². The van der Waals surface area contributed by atoms with Crippen molar-refractivity contribution in [2.24, 2.45) is 5.92 Å². The van der Waals surface area contributed by atoms with Crippen molar-refractivity contribution in [3.8, 4) is 0 Å². The first-order valence-electron chi connectivity index (χ1n) is 5.88. The highest BCUT2D eigenvalue weighted by atomic mass is 19.4. The van der Waals surface area contributed by atoms with Crippen LogP contribution in [0.25, 0.3) is 0 Å². The Kier molecular flexibility index (Phi) is 3.31. The van der Waals surface area contributed by atoms with Gasteiger partial charge < -0.3 is 5.32 Å². The Bertz CT molecular complexity index is 394. The molecule has 0 atom stereocenters. The van der Waals surface area contributed by atoms with Crippen LogP contribution in [0.5, 0.6) is 0 Å². The zero-order chi connectivity index (χ0) is 12.5. The van der Waals surface area contributed by atoms with Crippen molar-refractivity contribution in [3.63, 3.8) is 0 Å². The van der Waals surface area contributed by atoms with E-state index in [-0.39, 0.29) is 5.56 Å². The van der Waals surface area contributed by atoms with E-state index in [2.05, 4.69) is 5.32 Å². The minimum atomic E-state index is -4.27. The van der Waals surface area contributed by atoms with Gasteiger partial charge in [-0.1, -0.05) is 18.9 Å². The lowest BCUT2D eigenvalue weighted by atomic mass is 10.1. The topological polar surface area (TPSA) is 12.0 Å². The maximum absolute atomic E-state index is 12.7. The third-order valence-electron chi connectivity index (χ3n) is 3.12. The molecule has 2 rings (SSSR count). The molecule has 1 aliphatic carbocycles. The predicted molar refractivity (Wildman–Crippen MR) is 62.0 cm³/mol. The number of nitrogens with one attached hydrogen (secondary N) is 1. The molecule has 1 aromatic carbocycles. The van der Waals surface area contributed by atoms with Gasteiger partial charge in [-0.3, -0.25) is 0 Å². The molecule has 4 heteroatoms. The average molecular weight is 243 g/mol. The van der Waals surface area contributed by atoms with Crippen LogP contribution in [0.2, 0.25) is 0 Å². The molecule has 0 unspecified atom stereocenters. The van der Waals surface area contributed by atoms with Crippen LogP contribution < -0.4 is 5.32 Å². The molecule has 1 aromatic rings. The maximum Gasteiger partial charge on any atom is 0.416 e. The number of hydrogen-bond acceptors (Lipinski definition) is 1. The summed E-state index contributed by atoms with van der Waals surface area (Å²) in [6.07, 6.45) is -0.680. The van der Waals surface area contributed by atoms with Crippen molar-refractivity contribution in [1.29, 1.82) is 0 Å². The molecule has 0 heterocycles. The molecular weight excluding hydrogens is 227 g/mol. The molecule has 0 aromatic heterocycles. The molecule has 0 saturated heterocycles. The second kappa shape index (κ2) is 4.59. The van der Waals surface area contributed by atoms with Gasteiger partial charge in [0.25, 0.3) is 0 Å². The first-order chi connectivity index (χ1) is 7.97. The maximum atomic E-state index is 12.7. The van der Waals surface area contributed by atoms with Crippen molar-refractivity contribution >= 4 is 5.69 Å². The van der Waals surface area contributed by atoms with E-state index in [1.165, 1.54) is 31.9 Å². The molecule has 1 aliphatic rings. The largest absolute Gasteiger partial charge is 0.416 e. The molecule has 0 aliphatic heterocycles. The Morgan fingerprint density at radius 3 is 2.59 bits per heavy atom. The van der Waals surface area contributed by atoms with Crippen molar-refractivity contribution in [2.45, 2.75) is 32.4 Å². The van der Waals surface area contributed by atoms with Crippen LogP contribution in [0, 0.1) is 12.8 Å². The lowest BCUT2D eigenvalue weighted by Crippen LogP contribution is -2.09. The van der Waals surface area contributed by atoms with Gasteiger partial charge in [-0.15, -0.1) is 0 Å². The summed E-state index contributed by atoms with van der Waals surface area (Å²) in [5.74, 6) is 0.787. The molecule has 1 saturated carbocycles. The fourth-order valence-corrected chi connectivity index (χ4v) is 1.86. The van der Waals surface area contributed by atoms with Crippen LogP contribution in [0.4, 0.5) is 18.9 Å². The van der Waals surface area contributed by atoms with Crippen LogP contribution in [0.3, 0.4) is 0 Å². The summed E-state index contributed by atoms with van der Waals surface area (Å²) in [7, 11) is 0. The number of alkyl halides is 3. The van der Waals surface area contributed by atoms with Gasteiger partial charge in [0.05, 0.1) is 5.56 Å². The minimum absolute atomic E-state index is 0.269. The number of aryl methyl sites for hydroxylation is 1. The summed E-state index contributed by atoms with van der Waals surface area (Å²) in [6.45, 7) is 2.24. The number of hydrogen-bond donors (Lipinski definition) is 1. The highest BCUT2D eigenvalue weighted by Gasteiger charge is 2.32. The molecule has 1 nitrogen and oxygen atoms in total. The van der Waals surface area contributed by atoms with E-state index in [0.717, 1.165) is 18.9 Å². The lowest BCUT2D eigenvalue weighted by Gasteiger charge is -2.13. The molecule has 1 N–H and O–H groups in total. The van der Waals surface area contributed by atoms with E-state index in [1.807, 2.05) is 0 Å². The molecule has 0 radical (unpaired) electrons. The summed E-state index contributed by atoms with van der Waals surface area (Å²) < 4.78 is 38.0. The van der Waals surface area contributed by atoms with Gasteiger partial charge in [0.2, 0.25) is 0 Å². The van der Waals surface area contributed by atoms with Gasteiger partial charge in [0.15, 0.2) is 0 Å². The molecule has 0 amide bonds. The Balaban J connectivity index is 2.01. The second-order valence-electron chi connectivity index (χ2n) is 4.69. The van der Waals surface area contributed by atoms with Gasteiger partial charge in [0, 0.05) is 12.2 Å². The molecule has 1 fully saturated rings. The smallest absolute Gasteiger partial charge is 0.385 e. The van der Waals surface area contributed by atoms with E-state index >= 15 is 0 Å². The second-order valence-corrected chi connectivity index (χ2v) is 4.69. The fourth-order valence-electron chi connectivity index (χ4n) is 1.86. The average Bonchev–Trinajstić information content (AvgIpc) is 3.03. The third kappa shape index (κ3) is 3.38. The normalized spacial score (nSPS) is 16.0. The Labute approximate surface area is 99.0 Å². The van der Waals surface area contributed by atoms with Crippen LogP contribution >= 0.6 is 0 Å². The van der Waals surface area contributed by atoms with E-state index in [9.17, 15) is 13.2 Å². The molecule has 17 heavy (non-hydrogen) atoms. The number of halogens is 3. The van der Waals surface area contributed by atoms with Crippen molar-refractivity contribution in [3.05, 3.63) is 29.3 Å². The van der Waals surface area contributed by atoms with E-state index in [4.69, 9.17) is 0 Å². The Morgan fingerprint density at radius 1 is 1.29 bits per heavy atom. The number of rotatable bonds is 4. The third-order valence-corrected chi connectivity index (χ3v) is 3.12. The monoisotopic (exact) mass is 243 g/mol. The van der Waals surface area contributed by atoms with Gasteiger partial charge in [0.1, 0.15) is 0 Å². The van der Waals surface area contributed by atoms with Crippen LogP contribution in [-0.4, -0.2) is 6.54 Å². The molecular formula is C13H16F3N. The highest BCUT2D eigenvalue weighted by Crippen LogP contribution is 2.34. The fraction of sp³-hybridized carbons (Fsp3) is 0.538. The van der Waals surface area contributed by atoms with Crippen molar-refractivity contribution in [2.75, 3.05) is 11.9 Å². The Hall–Kier alpha value is -1.19. The Morgan fingerprint density at radius 2 is 2.00 bits per heavy atom. The van der Waals surface area contributed by atoms with E-state index in [0.29, 0.717) is 5.69 Å². The summed E-state index contributed by atoms with van der Waals surface area (Å²) >= 11 is 0. The summed E-state index contributed by atoms with van der Waals surface area (Å²) in [6, 6.07) is 4.42. The summed E-state index contributed by atoms with van der Waals surface area (Å²) in [4.78, 5) is 0. The number of anilines is 1. The van der Waals surface area contributed by atoms with Gasteiger partial charge in [-0.05, 0) is 37.0 Å². The summed E-state index contributed by atoms with van der Waals surface area (Å²) in [5.41, 5.74) is 0.280. The van der Waals surface area contributed by atoms with Gasteiger partial charge >= 0.3 is 6.18 Å². The zero-order valence-electron chi connectivity index (χ0n) is 9.77. The highest BCUT2D eigenvalue weighted by molar-refractivity contribution is 5.49. The van der Waals surface area contributed by atoms with E-state index < -0.39 is 11.7 Å². The molecule has 0 spiro atoms. The van der Waals surface area contributed by atoms with Crippen LogP contribution in [-0.2, 0) is 6.18 Å². The van der Waals surface area contributed by atoms with Gasteiger partial charge in [-0.25, -0.2) is 0 Å². The van der Waals surface area contributed by atoms with Gasteiger partial charge in [-0.2, -0.15) is 13.2 Å². The number of benzene rings is 1. The predicted octanol–water partition coefficient (Wildman–Crippen LogP) is 4.23.